The van der Waals surface area contributed by atoms with Crippen molar-refractivity contribution in [3.05, 3.63) is 36.0 Å². The average Bonchev–Trinajstić information content (AvgIpc) is 2.53. The SMILES string of the molecule is CCC(=O)NCCNc1ccc(Nc2cc(C)ccn2)nn1. The van der Waals surface area contributed by atoms with Gasteiger partial charge in [0.2, 0.25) is 5.91 Å². The van der Waals surface area contributed by atoms with Gasteiger partial charge in [0.05, 0.1) is 0 Å². The first kappa shape index (κ1) is 15.7. The molecule has 22 heavy (non-hydrogen) atoms. The van der Waals surface area contributed by atoms with E-state index in [4.69, 9.17) is 0 Å². The van der Waals surface area contributed by atoms with Crippen molar-refractivity contribution in [2.24, 2.45) is 0 Å². The Morgan fingerprint density at radius 2 is 1.86 bits per heavy atom. The maximum absolute atomic E-state index is 11.1. The van der Waals surface area contributed by atoms with Crippen LogP contribution in [-0.4, -0.2) is 34.2 Å². The van der Waals surface area contributed by atoms with Crippen molar-refractivity contribution in [2.75, 3.05) is 23.7 Å². The van der Waals surface area contributed by atoms with Crippen LogP contribution in [0.3, 0.4) is 0 Å². The number of hydrogen-bond acceptors (Lipinski definition) is 6. The molecule has 7 heteroatoms. The van der Waals surface area contributed by atoms with Crippen LogP contribution in [0.25, 0.3) is 0 Å². The molecule has 2 heterocycles. The summed E-state index contributed by atoms with van der Waals surface area (Å²) in [6, 6.07) is 7.52. The number of nitrogens with zero attached hydrogens (tertiary/aromatic N) is 3. The van der Waals surface area contributed by atoms with E-state index in [0.29, 0.717) is 31.1 Å². The first-order chi connectivity index (χ1) is 10.7. The van der Waals surface area contributed by atoms with Gasteiger partial charge in [-0.3, -0.25) is 4.79 Å². The zero-order valence-corrected chi connectivity index (χ0v) is 12.8. The van der Waals surface area contributed by atoms with E-state index >= 15 is 0 Å². The summed E-state index contributed by atoms with van der Waals surface area (Å²) in [6.45, 7) is 4.99. The molecule has 7 nitrogen and oxygen atoms in total. The maximum atomic E-state index is 11.1. The molecule has 0 aliphatic heterocycles. The fraction of sp³-hybridized carbons (Fsp3) is 0.333. The minimum atomic E-state index is 0.0399. The summed E-state index contributed by atoms with van der Waals surface area (Å²) in [5.74, 6) is 2.06. The fourth-order valence-corrected chi connectivity index (χ4v) is 1.75. The number of aromatic nitrogens is 3. The summed E-state index contributed by atoms with van der Waals surface area (Å²) < 4.78 is 0. The van der Waals surface area contributed by atoms with Gasteiger partial charge in [0.1, 0.15) is 11.6 Å². The third-order valence-corrected chi connectivity index (χ3v) is 2.91. The van der Waals surface area contributed by atoms with Gasteiger partial charge in [-0.2, -0.15) is 0 Å². The van der Waals surface area contributed by atoms with Crippen LogP contribution in [0.4, 0.5) is 17.5 Å². The first-order valence-electron chi connectivity index (χ1n) is 7.21. The molecule has 2 aromatic rings. The molecule has 0 bridgehead atoms. The molecule has 0 saturated carbocycles. The molecular formula is C15H20N6O. The van der Waals surface area contributed by atoms with Crippen LogP contribution in [0.15, 0.2) is 30.5 Å². The van der Waals surface area contributed by atoms with Crippen molar-refractivity contribution in [3.8, 4) is 0 Å². The highest BCUT2D eigenvalue weighted by Crippen LogP contribution is 2.13. The molecule has 3 N–H and O–H groups in total. The van der Waals surface area contributed by atoms with E-state index < -0.39 is 0 Å². The number of amides is 1. The maximum Gasteiger partial charge on any atom is 0.219 e. The van der Waals surface area contributed by atoms with Gasteiger partial charge in [-0.05, 0) is 36.8 Å². The second kappa shape index (κ2) is 7.92. The van der Waals surface area contributed by atoms with Crippen LogP contribution in [0, 0.1) is 6.92 Å². The fourth-order valence-electron chi connectivity index (χ4n) is 1.75. The van der Waals surface area contributed by atoms with Crippen LogP contribution in [-0.2, 0) is 4.79 Å². The Hall–Kier alpha value is -2.70. The standard InChI is InChI=1S/C15H20N6O/c1-3-15(22)18-9-8-17-12-4-5-13(21-20-12)19-14-10-11(2)6-7-16-14/h4-7,10H,3,8-9H2,1-2H3,(H,17,20)(H,18,22)(H,16,19,21). The quantitative estimate of drug-likeness (QED) is 0.676. The van der Waals surface area contributed by atoms with Gasteiger partial charge in [-0.25, -0.2) is 4.98 Å². The largest absolute Gasteiger partial charge is 0.367 e. The third-order valence-electron chi connectivity index (χ3n) is 2.91. The highest BCUT2D eigenvalue weighted by atomic mass is 16.1. The lowest BCUT2D eigenvalue weighted by Gasteiger charge is -2.07. The first-order valence-corrected chi connectivity index (χ1v) is 7.21. The lowest BCUT2D eigenvalue weighted by atomic mass is 10.3. The van der Waals surface area contributed by atoms with Gasteiger partial charge in [0.25, 0.3) is 0 Å². The number of rotatable bonds is 7. The molecule has 0 aromatic carbocycles. The molecular weight excluding hydrogens is 280 g/mol. The van der Waals surface area contributed by atoms with Crippen LogP contribution < -0.4 is 16.0 Å². The number of hydrogen-bond donors (Lipinski definition) is 3. The predicted octanol–water partition coefficient (Wildman–Crippen LogP) is 1.86. The summed E-state index contributed by atoms with van der Waals surface area (Å²) in [6.07, 6.45) is 2.23. The summed E-state index contributed by atoms with van der Waals surface area (Å²) in [4.78, 5) is 15.3. The average molecular weight is 300 g/mol. The zero-order valence-electron chi connectivity index (χ0n) is 12.8. The molecule has 0 radical (unpaired) electrons. The van der Waals surface area contributed by atoms with Gasteiger partial charge in [-0.1, -0.05) is 6.92 Å². The van der Waals surface area contributed by atoms with Gasteiger partial charge in [-0.15, -0.1) is 10.2 Å². The highest BCUT2D eigenvalue weighted by Gasteiger charge is 2.00. The summed E-state index contributed by atoms with van der Waals surface area (Å²) >= 11 is 0. The molecule has 1 amide bonds. The Labute approximate surface area is 129 Å². The molecule has 0 saturated heterocycles. The van der Waals surface area contributed by atoms with Crippen molar-refractivity contribution in [2.45, 2.75) is 20.3 Å². The topological polar surface area (TPSA) is 91.8 Å². The Kier molecular flexibility index (Phi) is 5.65. The Balaban J connectivity index is 1.81. The van der Waals surface area contributed by atoms with E-state index in [1.165, 1.54) is 0 Å². The third kappa shape index (κ3) is 5.01. The minimum Gasteiger partial charge on any atom is -0.367 e. The molecule has 0 atom stereocenters. The Morgan fingerprint density at radius 1 is 1.09 bits per heavy atom. The lowest BCUT2D eigenvalue weighted by molar-refractivity contribution is -0.120. The van der Waals surface area contributed by atoms with Gasteiger partial charge >= 0.3 is 0 Å². The summed E-state index contributed by atoms with van der Waals surface area (Å²) in [7, 11) is 0. The van der Waals surface area contributed by atoms with Gasteiger partial charge in [0, 0.05) is 25.7 Å². The number of carbonyl (C=O) groups is 1. The molecule has 0 aliphatic rings. The van der Waals surface area contributed by atoms with E-state index in [9.17, 15) is 4.79 Å². The van der Waals surface area contributed by atoms with Crippen LogP contribution in [0.1, 0.15) is 18.9 Å². The molecule has 0 spiro atoms. The van der Waals surface area contributed by atoms with E-state index in [1.54, 1.807) is 6.20 Å². The molecule has 2 aromatic heterocycles. The van der Waals surface area contributed by atoms with E-state index in [-0.39, 0.29) is 5.91 Å². The Bertz CT molecular complexity index is 614. The monoisotopic (exact) mass is 300 g/mol. The lowest BCUT2D eigenvalue weighted by Crippen LogP contribution is -2.28. The number of pyridine rings is 1. The number of anilines is 3. The van der Waals surface area contributed by atoms with Crippen LogP contribution in [0.2, 0.25) is 0 Å². The van der Waals surface area contributed by atoms with Crippen molar-refractivity contribution in [1.29, 1.82) is 0 Å². The summed E-state index contributed by atoms with van der Waals surface area (Å²) in [5, 5.41) is 17.1. The smallest absolute Gasteiger partial charge is 0.219 e. The van der Waals surface area contributed by atoms with Crippen molar-refractivity contribution in [3.63, 3.8) is 0 Å². The zero-order chi connectivity index (χ0) is 15.8. The number of aryl methyl sites for hydroxylation is 1. The molecule has 0 aliphatic carbocycles. The van der Waals surface area contributed by atoms with E-state index in [1.807, 2.05) is 38.1 Å². The van der Waals surface area contributed by atoms with Gasteiger partial charge < -0.3 is 16.0 Å². The van der Waals surface area contributed by atoms with Gasteiger partial charge in [0.15, 0.2) is 5.82 Å². The molecule has 2 rings (SSSR count). The number of carbonyl (C=O) groups excluding carboxylic acids is 1. The van der Waals surface area contributed by atoms with E-state index in [0.717, 1.165) is 11.4 Å². The number of nitrogens with one attached hydrogen (secondary N) is 3. The van der Waals surface area contributed by atoms with Crippen molar-refractivity contribution < 1.29 is 4.79 Å². The Morgan fingerprint density at radius 3 is 2.55 bits per heavy atom. The second-order valence-corrected chi connectivity index (χ2v) is 4.78. The molecule has 0 fully saturated rings. The highest BCUT2D eigenvalue weighted by molar-refractivity contribution is 5.75. The molecule has 116 valence electrons. The summed E-state index contributed by atoms with van der Waals surface area (Å²) in [5.41, 5.74) is 1.12. The minimum absolute atomic E-state index is 0.0399. The second-order valence-electron chi connectivity index (χ2n) is 4.78. The normalized spacial score (nSPS) is 10.1. The van der Waals surface area contributed by atoms with Crippen molar-refractivity contribution in [1.82, 2.24) is 20.5 Å². The molecule has 0 unspecified atom stereocenters. The van der Waals surface area contributed by atoms with Crippen LogP contribution in [0.5, 0.6) is 0 Å². The van der Waals surface area contributed by atoms with E-state index in [2.05, 4.69) is 31.1 Å². The predicted molar refractivity (Wildman–Crippen MR) is 86.1 cm³/mol. The van der Waals surface area contributed by atoms with Crippen LogP contribution >= 0.6 is 0 Å². The van der Waals surface area contributed by atoms with Crippen molar-refractivity contribution >= 4 is 23.4 Å².